The van der Waals surface area contributed by atoms with Gasteiger partial charge in [0.1, 0.15) is 9.88 Å². The highest BCUT2D eigenvalue weighted by Gasteiger charge is 2.30. The lowest BCUT2D eigenvalue weighted by molar-refractivity contribution is -0.137. The van der Waals surface area contributed by atoms with E-state index in [2.05, 4.69) is 15.3 Å². The van der Waals surface area contributed by atoms with Crippen LogP contribution in [0.5, 0.6) is 0 Å². The normalized spacial score (nSPS) is 11.4. The molecule has 25 heavy (non-hydrogen) atoms. The quantitative estimate of drug-likeness (QED) is 0.728. The van der Waals surface area contributed by atoms with Gasteiger partial charge in [-0.2, -0.15) is 13.2 Å². The van der Waals surface area contributed by atoms with Crippen molar-refractivity contribution in [1.82, 2.24) is 9.97 Å². The average Bonchev–Trinajstić information content (AvgIpc) is 2.97. The number of carbonyl (C=O) groups is 1. The van der Waals surface area contributed by atoms with Crippen LogP contribution in [-0.2, 0) is 6.18 Å². The van der Waals surface area contributed by atoms with E-state index in [1.165, 1.54) is 18.3 Å². The van der Waals surface area contributed by atoms with Crippen molar-refractivity contribution in [3.8, 4) is 10.6 Å². The van der Waals surface area contributed by atoms with E-state index in [-0.39, 0.29) is 5.91 Å². The number of rotatable bonds is 3. The van der Waals surface area contributed by atoms with Gasteiger partial charge in [-0.05, 0) is 31.2 Å². The van der Waals surface area contributed by atoms with Crippen molar-refractivity contribution in [3.63, 3.8) is 0 Å². The number of hydrogen-bond donors (Lipinski definition) is 1. The van der Waals surface area contributed by atoms with Crippen LogP contribution in [-0.4, -0.2) is 15.9 Å². The third-order valence-corrected chi connectivity index (χ3v) is 4.59. The zero-order valence-corrected chi connectivity index (χ0v) is 13.8. The maximum Gasteiger partial charge on any atom is 0.416 e. The number of pyridine rings is 1. The molecule has 1 N–H and O–H groups in total. The predicted octanol–water partition coefficient (Wildman–Crippen LogP) is 4.78. The Kier molecular flexibility index (Phi) is 4.54. The van der Waals surface area contributed by atoms with Crippen LogP contribution in [0.2, 0.25) is 0 Å². The first kappa shape index (κ1) is 17.1. The largest absolute Gasteiger partial charge is 0.416 e. The van der Waals surface area contributed by atoms with Gasteiger partial charge in [-0.15, -0.1) is 11.3 Å². The Morgan fingerprint density at radius 1 is 1.16 bits per heavy atom. The molecule has 0 fully saturated rings. The lowest BCUT2D eigenvalue weighted by Gasteiger charge is -2.06. The Balaban J connectivity index is 1.84. The molecule has 2 heterocycles. The summed E-state index contributed by atoms with van der Waals surface area (Å²) in [7, 11) is 0. The number of nitrogens with zero attached hydrogens (tertiary/aromatic N) is 2. The summed E-state index contributed by atoms with van der Waals surface area (Å²) < 4.78 is 37.9. The topological polar surface area (TPSA) is 54.9 Å². The van der Waals surface area contributed by atoms with Crippen LogP contribution in [0.15, 0.2) is 48.8 Å². The molecule has 128 valence electrons. The number of carbonyl (C=O) groups excluding carboxylic acids is 1. The minimum Gasteiger partial charge on any atom is -0.320 e. The molecular formula is C17H12F3N3OS. The second-order valence-electron chi connectivity index (χ2n) is 5.20. The number of amides is 1. The summed E-state index contributed by atoms with van der Waals surface area (Å²) in [5, 5.41) is 3.20. The smallest absolute Gasteiger partial charge is 0.320 e. The number of hydrogen-bond acceptors (Lipinski definition) is 4. The summed E-state index contributed by atoms with van der Waals surface area (Å²) in [5.41, 5.74) is 0.873. The zero-order chi connectivity index (χ0) is 18.0. The molecule has 0 aliphatic rings. The van der Waals surface area contributed by atoms with Crippen molar-refractivity contribution < 1.29 is 18.0 Å². The van der Waals surface area contributed by atoms with E-state index >= 15 is 0 Å². The Hall–Kier alpha value is -2.74. The molecule has 0 unspecified atom stereocenters. The van der Waals surface area contributed by atoms with Crippen molar-refractivity contribution in [2.75, 3.05) is 5.32 Å². The lowest BCUT2D eigenvalue weighted by atomic mass is 10.1. The molecule has 4 nitrogen and oxygen atoms in total. The Labute approximate surface area is 145 Å². The first-order valence-corrected chi connectivity index (χ1v) is 8.02. The number of benzene rings is 1. The minimum absolute atomic E-state index is 0.332. The lowest BCUT2D eigenvalue weighted by Crippen LogP contribution is -2.11. The van der Waals surface area contributed by atoms with Gasteiger partial charge in [0.25, 0.3) is 5.91 Å². The number of aromatic nitrogens is 2. The Morgan fingerprint density at radius 3 is 2.48 bits per heavy atom. The highest BCUT2D eigenvalue weighted by Crippen LogP contribution is 2.33. The number of anilines is 1. The molecule has 3 aromatic rings. The van der Waals surface area contributed by atoms with E-state index in [0.717, 1.165) is 23.5 Å². The van der Waals surface area contributed by atoms with Crippen LogP contribution >= 0.6 is 11.3 Å². The molecule has 0 atom stereocenters. The molecule has 0 radical (unpaired) electrons. The number of alkyl halides is 3. The van der Waals surface area contributed by atoms with Gasteiger partial charge < -0.3 is 5.32 Å². The van der Waals surface area contributed by atoms with Crippen molar-refractivity contribution in [2.24, 2.45) is 0 Å². The predicted molar refractivity (Wildman–Crippen MR) is 89.5 cm³/mol. The maximum absolute atomic E-state index is 12.6. The third kappa shape index (κ3) is 3.85. The van der Waals surface area contributed by atoms with Gasteiger partial charge in [0.05, 0.1) is 23.1 Å². The fourth-order valence-electron chi connectivity index (χ4n) is 2.16. The van der Waals surface area contributed by atoms with E-state index < -0.39 is 11.7 Å². The summed E-state index contributed by atoms with van der Waals surface area (Å²) in [5.74, 6) is -0.332. The second kappa shape index (κ2) is 6.64. The summed E-state index contributed by atoms with van der Waals surface area (Å²) in [6, 6.07) is 8.11. The molecule has 0 aliphatic carbocycles. The average molecular weight is 363 g/mol. The standard InChI is InChI=1S/C17H12F3N3OS/c1-10-14(15(24)23-13-3-2-8-21-9-13)25-16(22-10)11-4-6-12(7-5-11)17(18,19)20/h2-9H,1H3,(H,23,24). The van der Waals surface area contributed by atoms with Gasteiger partial charge in [-0.25, -0.2) is 4.98 Å². The van der Waals surface area contributed by atoms with Gasteiger partial charge in [0.15, 0.2) is 0 Å². The van der Waals surface area contributed by atoms with Gasteiger partial charge in [0.2, 0.25) is 0 Å². The van der Waals surface area contributed by atoms with Crippen LogP contribution in [0.25, 0.3) is 10.6 Å². The summed E-state index contributed by atoms with van der Waals surface area (Å²) in [4.78, 5) is 21.0. The van der Waals surface area contributed by atoms with Crippen LogP contribution < -0.4 is 5.32 Å². The van der Waals surface area contributed by atoms with Gasteiger partial charge in [-0.3, -0.25) is 9.78 Å². The van der Waals surface area contributed by atoms with Crippen LogP contribution in [0, 0.1) is 6.92 Å². The number of aryl methyl sites for hydroxylation is 1. The molecule has 0 saturated carbocycles. The number of thiazole rings is 1. The van der Waals surface area contributed by atoms with Crippen molar-refractivity contribution in [1.29, 1.82) is 0 Å². The molecule has 2 aromatic heterocycles. The molecule has 8 heteroatoms. The number of halogens is 3. The molecule has 0 bridgehead atoms. The molecule has 3 rings (SSSR count). The van der Waals surface area contributed by atoms with Crippen molar-refractivity contribution in [3.05, 3.63) is 64.9 Å². The Morgan fingerprint density at radius 2 is 1.88 bits per heavy atom. The van der Waals surface area contributed by atoms with E-state index in [1.54, 1.807) is 25.3 Å². The van der Waals surface area contributed by atoms with Gasteiger partial charge >= 0.3 is 6.18 Å². The van der Waals surface area contributed by atoms with Gasteiger partial charge in [-0.1, -0.05) is 12.1 Å². The summed E-state index contributed by atoms with van der Waals surface area (Å²) in [6.07, 6.45) is -1.27. The molecule has 0 aliphatic heterocycles. The first-order chi connectivity index (χ1) is 11.8. The zero-order valence-electron chi connectivity index (χ0n) is 13.0. The highest BCUT2D eigenvalue weighted by atomic mass is 32.1. The van der Waals surface area contributed by atoms with E-state index in [4.69, 9.17) is 0 Å². The van der Waals surface area contributed by atoms with Crippen molar-refractivity contribution in [2.45, 2.75) is 13.1 Å². The third-order valence-electron chi connectivity index (χ3n) is 3.38. The summed E-state index contributed by atoms with van der Waals surface area (Å²) in [6.45, 7) is 1.68. The monoisotopic (exact) mass is 363 g/mol. The van der Waals surface area contributed by atoms with Crippen molar-refractivity contribution >= 4 is 22.9 Å². The SMILES string of the molecule is Cc1nc(-c2ccc(C(F)(F)F)cc2)sc1C(=O)Nc1cccnc1. The summed E-state index contributed by atoms with van der Waals surface area (Å²) >= 11 is 1.13. The molecule has 1 amide bonds. The van der Waals surface area contributed by atoms with E-state index in [9.17, 15) is 18.0 Å². The van der Waals surface area contributed by atoms with Crippen LogP contribution in [0.3, 0.4) is 0 Å². The van der Waals surface area contributed by atoms with E-state index in [1.807, 2.05) is 0 Å². The van der Waals surface area contributed by atoms with Gasteiger partial charge in [0, 0.05) is 11.8 Å². The minimum atomic E-state index is -4.38. The van der Waals surface area contributed by atoms with Crippen LogP contribution in [0.1, 0.15) is 20.9 Å². The van der Waals surface area contributed by atoms with E-state index in [0.29, 0.717) is 26.8 Å². The Bertz CT molecular complexity index is 890. The molecular weight excluding hydrogens is 351 g/mol. The highest BCUT2D eigenvalue weighted by molar-refractivity contribution is 7.17. The fourth-order valence-corrected chi connectivity index (χ4v) is 3.12. The molecule has 0 spiro atoms. The van der Waals surface area contributed by atoms with Crippen LogP contribution in [0.4, 0.5) is 18.9 Å². The maximum atomic E-state index is 12.6. The second-order valence-corrected chi connectivity index (χ2v) is 6.20. The number of nitrogens with one attached hydrogen (secondary N) is 1. The molecule has 0 saturated heterocycles. The molecule has 1 aromatic carbocycles. The fraction of sp³-hybridized carbons (Fsp3) is 0.118. The first-order valence-electron chi connectivity index (χ1n) is 7.21.